The molecule has 2 N–H and O–H groups in total. The van der Waals surface area contributed by atoms with Crippen LogP contribution in [-0.2, 0) is 19.3 Å². The fourth-order valence-corrected chi connectivity index (χ4v) is 9.55. The molecule has 2 unspecified atom stereocenters. The summed E-state index contributed by atoms with van der Waals surface area (Å²) >= 11 is 1.49. The summed E-state index contributed by atoms with van der Waals surface area (Å²) in [6.45, 7) is 5.57. The van der Waals surface area contributed by atoms with Gasteiger partial charge < -0.3 is 20.1 Å². The van der Waals surface area contributed by atoms with Crippen molar-refractivity contribution in [2.45, 2.75) is 87.8 Å². The molecule has 5 heterocycles. The molecule has 0 spiro atoms. The van der Waals surface area contributed by atoms with Gasteiger partial charge in [-0.3, -0.25) is 0 Å². The third-order valence-electron chi connectivity index (χ3n) is 9.40. The van der Waals surface area contributed by atoms with Gasteiger partial charge in [-0.05, 0) is 102 Å². The average Bonchev–Trinajstić information content (AvgIpc) is 3.61. The molecule has 13 heteroatoms. The Morgan fingerprint density at radius 3 is 1.92 bits per heavy atom. The Labute approximate surface area is 290 Å². The number of hydrogen-bond acceptors (Lipinski definition) is 10. The van der Waals surface area contributed by atoms with Crippen molar-refractivity contribution < 1.29 is 17.9 Å². The van der Waals surface area contributed by atoms with Crippen molar-refractivity contribution in [1.29, 1.82) is 0 Å². The van der Waals surface area contributed by atoms with E-state index >= 15 is 0 Å². The lowest BCUT2D eigenvalue weighted by molar-refractivity contribution is -0.0405. The minimum atomic E-state index is -3.51. The molecule has 2 aromatic carbocycles. The second kappa shape index (κ2) is 13.3. The molecule has 2 aliphatic heterocycles. The molecule has 0 bridgehead atoms. The molecule has 49 heavy (non-hydrogen) atoms. The van der Waals surface area contributed by atoms with Crippen molar-refractivity contribution in [3.63, 3.8) is 0 Å². The lowest BCUT2D eigenvalue weighted by Crippen LogP contribution is -2.20. The second-order valence-corrected chi connectivity index (χ2v) is 16.4. The van der Waals surface area contributed by atoms with Gasteiger partial charge in [0, 0.05) is 65.4 Å². The molecule has 3 aromatic heterocycles. The van der Waals surface area contributed by atoms with Gasteiger partial charge in [-0.15, -0.1) is 11.3 Å². The molecule has 2 atom stereocenters. The van der Waals surface area contributed by atoms with E-state index in [0.29, 0.717) is 34.8 Å². The van der Waals surface area contributed by atoms with Crippen LogP contribution in [0.15, 0.2) is 65.7 Å². The maximum absolute atomic E-state index is 13.7. The van der Waals surface area contributed by atoms with Gasteiger partial charge in [0.05, 0.1) is 15.0 Å². The SMILES string of the molecule is Cc1cc(Nc2ccc(-c3ncc(-c4ccc(Nc5cc(C)n(C6CCCCO6)n5)cc4S(=O)(=O)C4CC4)s3)cc2)nn1C1CCCCO1. The van der Waals surface area contributed by atoms with E-state index in [-0.39, 0.29) is 17.7 Å². The van der Waals surface area contributed by atoms with Crippen LogP contribution in [0.4, 0.5) is 23.0 Å². The van der Waals surface area contributed by atoms with Crippen molar-refractivity contribution in [3.05, 3.63) is 72.2 Å². The molecule has 2 saturated heterocycles. The third-order valence-corrected chi connectivity index (χ3v) is 12.8. The topological polar surface area (TPSA) is 125 Å². The van der Waals surface area contributed by atoms with Gasteiger partial charge in [0.25, 0.3) is 0 Å². The van der Waals surface area contributed by atoms with Crippen molar-refractivity contribution in [2.24, 2.45) is 0 Å². The summed E-state index contributed by atoms with van der Waals surface area (Å²) in [5, 5.41) is 16.7. The highest BCUT2D eigenvalue weighted by Crippen LogP contribution is 2.42. The summed E-state index contributed by atoms with van der Waals surface area (Å²) < 4.78 is 43.2. The van der Waals surface area contributed by atoms with Crippen LogP contribution in [0.1, 0.15) is 75.2 Å². The smallest absolute Gasteiger partial charge is 0.181 e. The predicted molar refractivity (Wildman–Crippen MR) is 191 cm³/mol. The first-order valence-corrected chi connectivity index (χ1v) is 19.5. The van der Waals surface area contributed by atoms with E-state index in [9.17, 15) is 8.42 Å². The van der Waals surface area contributed by atoms with Crippen molar-refractivity contribution >= 4 is 44.2 Å². The van der Waals surface area contributed by atoms with E-state index in [4.69, 9.17) is 24.7 Å². The first-order valence-electron chi connectivity index (χ1n) is 17.2. The molecular formula is C36H41N7O4S2. The minimum absolute atomic E-state index is 0.00593. The number of aromatic nitrogens is 5. The Kier molecular flexibility index (Phi) is 8.77. The fourth-order valence-electron chi connectivity index (χ4n) is 6.63. The van der Waals surface area contributed by atoms with E-state index in [0.717, 1.165) is 90.1 Å². The van der Waals surface area contributed by atoms with Gasteiger partial charge in [0.15, 0.2) is 33.9 Å². The maximum Gasteiger partial charge on any atom is 0.181 e. The largest absolute Gasteiger partial charge is 0.357 e. The maximum atomic E-state index is 13.7. The Bertz CT molecular complexity index is 2050. The highest BCUT2D eigenvalue weighted by atomic mass is 32.2. The molecule has 3 fully saturated rings. The molecule has 3 aliphatic rings. The summed E-state index contributed by atoms with van der Waals surface area (Å²) in [5.41, 5.74) is 5.28. The first kappa shape index (κ1) is 32.2. The van der Waals surface area contributed by atoms with E-state index in [2.05, 4.69) is 10.6 Å². The lowest BCUT2D eigenvalue weighted by atomic mass is 10.2. The van der Waals surface area contributed by atoms with Gasteiger partial charge in [0.2, 0.25) is 0 Å². The number of ether oxygens (including phenoxy) is 2. The van der Waals surface area contributed by atoms with Crippen LogP contribution in [0.5, 0.6) is 0 Å². The number of rotatable bonds is 10. The molecule has 0 amide bonds. The Hall–Kier alpha value is -4.04. The number of aryl methyl sites for hydroxylation is 2. The average molecular weight is 700 g/mol. The summed E-state index contributed by atoms with van der Waals surface area (Å²) in [6.07, 6.45) is 9.42. The Morgan fingerprint density at radius 2 is 1.35 bits per heavy atom. The predicted octanol–water partition coefficient (Wildman–Crippen LogP) is 8.31. The van der Waals surface area contributed by atoms with Crippen molar-refractivity contribution in [2.75, 3.05) is 23.8 Å². The number of anilines is 4. The third kappa shape index (κ3) is 6.77. The zero-order chi connectivity index (χ0) is 33.5. The van der Waals surface area contributed by atoms with Crippen LogP contribution in [0.3, 0.4) is 0 Å². The standard InChI is InChI=1S/C36H41N7O4S2/c1-23-19-32(40-42(23)34-7-3-5-17-46-34)38-26-11-9-25(10-12-26)36-37-22-30(48-36)29-16-13-27(21-31(29)49(44,45)28-14-15-28)39-33-20-24(2)43(41-33)35-8-4-6-18-47-35/h9-13,16,19-22,28,34-35H,3-8,14-15,17-18H2,1-2H3,(H,38,40)(H,39,41). The Balaban J connectivity index is 1.01. The summed E-state index contributed by atoms with van der Waals surface area (Å²) in [6, 6.07) is 17.6. The van der Waals surface area contributed by atoms with E-state index in [1.54, 1.807) is 12.3 Å². The molecule has 1 aliphatic carbocycles. The molecular weight excluding hydrogens is 659 g/mol. The number of sulfone groups is 1. The van der Waals surface area contributed by atoms with Crippen LogP contribution in [0, 0.1) is 13.8 Å². The minimum Gasteiger partial charge on any atom is -0.357 e. The van der Waals surface area contributed by atoms with Crippen LogP contribution in [0.2, 0.25) is 0 Å². The van der Waals surface area contributed by atoms with Crippen molar-refractivity contribution in [3.8, 4) is 21.0 Å². The highest BCUT2D eigenvalue weighted by molar-refractivity contribution is 7.92. The fraction of sp³-hybridized carbons (Fsp3) is 0.417. The van der Waals surface area contributed by atoms with E-state index < -0.39 is 9.84 Å². The van der Waals surface area contributed by atoms with Crippen LogP contribution < -0.4 is 10.6 Å². The van der Waals surface area contributed by atoms with Gasteiger partial charge in [-0.1, -0.05) is 6.07 Å². The second-order valence-electron chi connectivity index (χ2n) is 13.2. The van der Waals surface area contributed by atoms with E-state index in [1.165, 1.54) is 11.3 Å². The normalized spacial score (nSPS) is 20.0. The van der Waals surface area contributed by atoms with Gasteiger partial charge in [-0.25, -0.2) is 22.8 Å². The summed E-state index contributed by atoms with van der Waals surface area (Å²) in [5.74, 6) is 1.44. The van der Waals surface area contributed by atoms with Crippen LogP contribution in [-0.4, -0.2) is 51.4 Å². The molecule has 5 aromatic rings. The van der Waals surface area contributed by atoms with Gasteiger partial charge >= 0.3 is 0 Å². The Morgan fingerprint density at radius 1 is 0.755 bits per heavy atom. The quantitative estimate of drug-likeness (QED) is 0.148. The zero-order valence-corrected chi connectivity index (χ0v) is 29.4. The summed E-state index contributed by atoms with van der Waals surface area (Å²) in [7, 11) is -3.51. The van der Waals surface area contributed by atoms with Crippen LogP contribution in [0.25, 0.3) is 21.0 Å². The number of nitrogens with one attached hydrogen (secondary N) is 2. The monoisotopic (exact) mass is 699 g/mol. The summed E-state index contributed by atoms with van der Waals surface area (Å²) in [4.78, 5) is 5.84. The number of nitrogens with zero attached hydrogens (tertiary/aromatic N) is 5. The van der Waals surface area contributed by atoms with Crippen molar-refractivity contribution in [1.82, 2.24) is 24.5 Å². The molecule has 8 rings (SSSR count). The van der Waals surface area contributed by atoms with Gasteiger partial charge in [-0.2, -0.15) is 10.2 Å². The molecule has 0 radical (unpaired) electrons. The molecule has 11 nitrogen and oxygen atoms in total. The lowest BCUT2D eigenvalue weighted by Gasteiger charge is -2.23. The zero-order valence-electron chi connectivity index (χ0n) is 27.8. The van der Waals surface area contributed by atoms with E-state index in [1.807, 2.05) is 71.7 Å². The number of benzene rings is 2. The van der Waals surface area contributed by atoms with Crippen LogP contribution >= 0.6 is 11.3 Å². The number of hydrogen-bond donors (Lipinski definition) is 2. The molecule has 256 valence electrons. The first-order chi connectivity index (χ1) is 23.8. The van der Waals surface area contributed by atoms with Gasteiger partial charge in [0.1, 0.15) is 5.01 Å². The molecule has 1 saturated carbocycles. The number of thiazole rings is 1. The highest BCUT2D eigenvalue weighted by Gasteiger charge is 2.38.